The SMILES string of the molecule is COc1cc([C@@H]2CC(=O)C3=C(C2)Nc2[nH]c(=O)[nH]c(=O)c2[C@H]3c2ccc(F)cc2)cc(OC)c1OC. The standard InChI is InChI=1S/C26H24FN3O6/c1-34-18-10-14(11-19(35-2)23(18)36-3)13-8-16-21(17(31)9-13)20(12-4-6-15(27)7-5-12)22-24(28-16)29-26(33)30-25(22)32/h4-7,10-11,13,20H,8-9H2,1-3H3,(H3,28,29,30,32,33)/t13-,20-/m0/s1. The zero-order valence-electron chi connectivity index (χ0n) is 19.9. The average Bonchev–Trinajstić information content (AvgIpc) is 2.86. The lowest BCUT2D eigenvalue weighted by molar-refractivity contribution is -0.116. The molecule has 0 bridgehead atoms. The molecule has 2 aliphatic rings. The van der Waals surface area contributed by atoms with Crippen molar-refractivity contribution in [2.75, 3.05) is 26.6 Å². The highest BCUT2D eigenvalue weighted by atomic mass is 19.1. The molecule has 10 heteroatoms. The fraction of sp³-hybridized carbons (Fsp3) is 0.269. The van der Waals surface area contributed by atoms with Crippen molar-refractivity contribution in [1.29, 1.82) is 0 Å². The molecule has 36 heavy (non-hydrogen) atoms. The summed E-state index contributed by atoms with van der Waals surface area (Å²) in [7, 11) is 4.56. The number of ether oxygens (including phenoxy) is 3. The topological polar surface area (TPSA) is 123 Å². The van der Waals surface area contributed by atoms with Crippen LogP contribution in [0.3, 0.4) is 0 Å². The van der Waals surface area contributed by atoms with Crippen molar-refractivity contribution in [2.45, 2.75) is 24.7 Å². The van der Waals surface area contributed by atoms with Gasteiger partial charge in [0.15, 0.2) is 17.3 Å². The maximum absolute atomic E-state index is 13.7. The van der Waals surface area contributed by atoms with Gasteiger partial charge in [-0.05, 0) is 47.7 Å². The van der Waals surface area contributed by atoms with Crippen molar-refractivity contribution in [3.8, 4) is 17.2 Å². The van der Waals surface area contributed by atoms with E-state index in [-0.39, 0.29) is 29.5 Å². The highest BCUT2D eigenvalue weighted by Gasteiger charge is 2.40. The maximum Gasteiger partial charge on any atom is 0.327 e. The number of aromatic amines is 2. The number of Topliss-reactive ketones (excluding diaryl/α,β-unsaturated/α-hetero) is 1. The summed E-state index contributed by atoms with van der Waals surface area (Å²) in [6.07, 6.45) is 0.596. The molecular weight excluding hydrogens is 469 g/mol. The molecule has 2 atom stereocenters. The monoisotopic (exact) mass is 493 g/mol. The van der Waals surface area contributed by atoms with Gasteiger partial charge in [0.05, 0.1) is 26.9 Å². The van der Waals surface area contributed by atoms with E-state index in [0.29, 0.717) is 40.5 Å². The fourth-order valence-corrected chi connectivity index (χ4v) is 5.11. The van der Waals surface area contributed by atoms with Gasteiger partial charge in [-0.3, -0.25) is 19.6 Å². The zero-order chi connectivity index (χ0) is 25.6. The summed E-state index contributed by atoms with van der Waals surface area (Å²) < 4.78 is 30.0. The molecule has 0 spiro atoms. The van der Waals surface area contributed by atoms with Gasteiger partial charge in [0.25, 0.3) is 5.56 Å². The van der Waals surface area contributed by atoms with Crippen molar-refractivity contribution in [3.05, 3.63) is 91.0 Å². The molecule has 2 heterocycles. The summed E-state index contributed by atoms with van der Waals surface area (Å²) in [5.41, 5.74) is 1.33. The third-order valence-electron chi connectivity index (χ3n) is 6.70. The number of ketones is 1. The van der Waals surface area contributed by atoms with Crippen LogP contribution in [0, 0.1) is 5.82 Å². The number of rotatable bonds is 5. The predicted octanol–water partition coefficient (Wildman–Crippen LogP) is 3.19. The van der Waals surface area contributed by atoms with E-state index in [1.54, 1.807) is 12.1 Å². The van der Waals surface area contributed by atoms with Crippen molar-refractivity contribution in [1.82, 2.24) is 9.97 Å². The minimum absolute atomic E-state index is 0.159. The molecule has 186 valence electrons. The number of halogens is 1. The van der Waals surface area contributed by atoms with E-state index in [4.69, 9.17) is 14.2 Å². The second kappa shape index (κ2) is 9.03. The van der Waals surface area contributed by atoms with Crippen LogP contribution >= 0.6 is 0 Å². The van der Waals surface area contributed by atoms with Crippen LogP contribution < -0.4 is 30.8 Å². The van der Waals surface area contributed by atoms with Gasteiger partial charge in [-0.2, -0.15) is 0 Å². The summed E-state index contributed by atoms with van der Waals surface area (Å²) in [4.78, 5) is 43.4. The van der Waals surface area contributed by atoms with E-state index in [2.05, 4.69) is 15.3 Å². The van der Waals surface area contributed by atoms with E-state index in [1.165, 1.54) is 33.5 Å². The van der Waals surface area contributed by atoms with Gasteiger partial charge in [0.1, 0.15) is 11.6 Å². The number of hydrogen-bond donors (Lipinski definition) is 3. The zero-order valence-corrected chi connectivity index (χ0v) is 19.9. The number of methoxy groups -OCH3 is 3. The van der Waals surface area contributed by atoms with Gasteiger partial charge in [-0.25, -0.2) is 9.18 Å². The lowest BCUT2D eigenvalue weighted by Gasteiger charge is -2.35. The van der Waals surface area contributed by atoms with Crippen LogP contribution in [-0.2, 0) is 4.79 Å². The number of carbonyl (C=O) groups is 1. The molecule has 2 aromatic carbocycles. The Morgan fingerprint density at radius 2 is 1.53 bits per heavy atom. The fourth-order valence-electron chi connectivity index (χ4n) is 5.11. The Hall–Kier alpha value is -4.34. The molecule has 0 amide bonds. The minimum Gasteiger partial charge on any atom is -0.493 e. The summed E-state index contributed by atoms with van der Waals surface area (Å²) in [6.45, 7) is 0. The number of hydrogen-bond acceptors (Lipinski definition) is 7. The molecule has 9 nitrogen and oxygen atoms in total. The number of aromatic nitrogens is 2. The second-order valence-corrected chi connectivity index (χ2v) is 8.69. The second-order valence-electron chi connectivity index (χ2n) is 8.69. The molecule has 1 aliphatic heterocycles. The molecule has 3 aromatic rings. The van der Waals surface area contributed by atoms with E-state index >= 15 is 0 Å². The lowest BCUT2D eigenvalue weighted by atomic mass is 9.72. The molecule has 0 fully saturated rings. The van der Waals surface area contributed by atoms with Crippen LogP contribution in [0.4, 0.5) is 10.2 Å². The predicted molar refractivity (Wildman–Crippen MR) is 130 cm³/mol. The Labute approximate surface area is 204 Å². The number of H-pyrrole nitrogens is 2. The molecule has 1 aromatic heterocycles. The van der Waals surface area contributed by atoms with Crippen molar-refractivity contribution >= 4 is 11.6 Å². The van der Waals surface area contributed by atoms with Crippen molar-refractivity contribution < 1.29 is 23.4 Å². The highest BCUT2D eigenvalue weighted by Crippen LogP contribution is 2.48. The number of nitrogens with one attached hydrogen (secondary N) is 3. The molecule has 1 aliphatic carbocycles. The third-order valence-corrected chi connectivity index (χ3v) is 6.70. The van der Waals surface area contributed by atoms with E-state index in [1.807, 2.05) is 12.1 Å². The Morgan fingerprint density at radius 1 is 0.861 bits per heavy atom. The largest absolute Gasteiger partial charge is 0.493 e. The van der Waals surface area contributed by atoms with Gasteiger partial charge in [0, 0.05) is 23.6 Å². The number of anilines is 1. The van der Waals surface area contributed by atoms with E-state index in [9.17, 15) is 18.8 Å². The number of benzene rings is 2. The Bertz CT molecular complexity index is 1480. The molecule has 0 saturated carbocycles. The van der Waals surface area contributed by atoms with Crippen LogP contribution in [0.5, 0.6) is 17.2 Å². The van der Waals surface area contributed by atoms with Crippen LogP contribution in [-0.4, -0.2) is 37.1 Å². The maximum atomic E-state index is 13.7. The smallest absolute Gasteiger partial charge is 0.327 e. The quantitative estimate of drug-likeness (QED) is 0.499. The highest BCUT2D eigenvalue weighted by molar-refractivity contribution is 6.01. The van der Waals surface area contributed by atoms with Crippen LogP contribution in [0.15, 0.2) is 57.3 Å². The van der Waals surface area contributed by atoms with Gasteiger partial charge < -0.3 is 19.5 Å². The lowest BCUT2D eigenvalue weighted by Crippen LogP contribution is -2.37. The van der Waals surface area contributed by atoms with Crippen LogP contribution in [0.25, 0.3) is 0 Å². The number of allylic oxidation sites excluding steroid dienone is 2. The summed E-state index contributed by atoms with van der Waals surface area (Å²) >= 11 is 0. The molecular formula is C26H24FN3O6. The first-order chi connectivity index (χ1) is 17.3. The van der Waals surface area contributed by atoms with E-state index < -0.39 is 23.0 Å². The molecule has 0 unspecified atom stereocenters. The Kier molecular flexibility index (Phi) is 5.87. The van der Waals surface area contributed by atoms with Crippen molar-refractivity contribution in [3.63, 3.8) is 0 Å². The minimum atomic E-state index is -0.758. The number of carbonyl (C=O) groups excluding carboxylic acids is 1. The van der Waals surface area contributed by atoms with Crippen LogP contribution in [0.1, 0.15) is 41.4 Å². The van der Waals surface area contributed by atoms with Gasteiger partial charge in [-0.1, -0.05) is 12.1 Å². The average molecular weight is 493 g/mol. The molecule has 3 N–H and O–H groups in total. The normalized spacial score (nSPS) is 18.7. The first-order valence-corrected chi connectivity index (χ1v) is 11.3. The van der Waals surface area contributed by atoms with Gasteiger partial charge >= 0.3 is 5.69 Å². The first kappa shape index (κ1) is 23.4. The first-order valence-electron chi connectivity index (χ1n) is 11.3. The van der Waals surface area contributed by atoms with Gasteiger partial charge in [-0.15, -0.1) is 0 Å². The summed E-state index contributed by atoms with van der Waals surface area (Å²) in [5.74, 6) is 0.0245. The van der Waals surface area contributed by atoms with Gasteiger partial charge in [0.2, 0.25) is 5.75 Å². The molecule has 5 rings (SSSR count). The molecule has 0 saturated heterocycles. The third kappa shape index (κ3) is 3.84. The summed E-state index contributed by atoms with van der Waals surface area (Å²) in [5, 5.41) is 3.12. The van der Waals surface area contributed by atoms with E-state index in [0.717, 1.165) is 5.56 Å². The van der Waals surface area contributed by atoms with Crippen molar-refractivity contribution in [2.24, 2.45) is 0 Å². The Balaban J connectivity index is 1.64. The molecule has 0 radical (unpaired) electrons. The number of fused-ring (bicyclic) bond motifs is 1. The Morgan fingerprint density at radius 3 is 2.14 bits per heavy atom. The van der Waals surface area contributed by atoms with Crippen LogP contribution in [0.2, 0.25) is 0 Å². The summed E-state index contributed by atoms with van der Waals surface area (Å²) in [6, 6.07) is 9.27.